The van der Waals surface area contributed by atoms with Crippen LogP contribution in [0.2, 0.25) is 0 Å². The van der Waals surface area contributed by atoms with Gasteiger partial charge in [0.05, 0.1) is 23.4 Å². The Morgan fingerprint density at radius 1 is 1.07 bits per heavy atom. The molecule has 4 rings (SSSR count). The van der Waals surface area contributed by atoms with Crippen LogP contribution >= 0.6 is 0 Å². The zero-order valence-electron chi connectivity index (χ0n) is 15.7. The van der Waals surface area contributed by atoms with E-state index in [0.29, 0.717) is 17.9 Å². The van der Waals surface area contributed by atoms with Gasteiger partial charge in [-0.25, -0.2) is 18.4 Å². The summed E-state index contributed by atoms with van der Waals surface area (Å²) >= 11 is 0. The van der Waals surface area contributed by atoms with E-state index in [2.05, 4.69) is 15.3 Å². The van der Waals surface area contributed by atoms with E-state index in [1.807, 2.05) is 35.0 Å². The molecule has 0 aliphatic carbocycles. The van der Waals surface area contributed by atoms with Crippen molar-refractivity contribution >= 4 is 21.6 Å². The number of nitrogens with one attached hydrogen (secondary N) is 1. The van der Waals surface area contributed by atoms with Crippen molar-refractivity contribution in [3.05, 3.63) is 72.4 Å². The van der Waals surface area contributed by atoms with Crippen molar-refractivity contribution in [2.45, 2.75) is 6.54 Å². The van der Waals surface area contributed by atoms with E-state index in [1.165, 1.54) is 6.20 Å². The van der Waals surface area contributed by atoms with Gasteiger partial charge in [0.15, 0.2) is 9.84 Å². The highest BCUT2D eigenvalue weighted by Crippen LogP contribution is 2.13. The minimum atomic E-state index is -3.01. The number of carbonyl (C=O) groups is 1. The van der Waals surface area contributed by atoms with Crippen molar-refractivity contribution in [3.63, 3.8) is 0 Å². The average molecular weight is 411 g/mol. The molecule has 0 spiro atoms. The molecule has 1 aromatic carbocycles. The highest BCUT2D eigenvalue weighted by molar-refractivity contribution is 7.91. The Labute approximate surface area is 169 Å². The van der Waals surface area contributed by atoms with E-state index in [1.54, 1.807) is 29.6 Å². The summed E-state index contributed by atoms with van der Waals surface area (Å²) in [5, 5.41) is 3.24. The second-order valence-electron chi connectivity index (χ2n) is 6.87. The van der Waals surface area contributed by atoms with Gasteiger partial charge < -0.3 is 14.8 Å². The van der Waals surface area contributed by atoms with Gasteiger partial charge in [0.25, 0.3) is 5.91 Å². The van der Waals surface area contributed by atoms with Crippen LogP contribution in [0.4, 0.5) is 5.82 Å². The highest BCUT2D eigenvalue weighted by atomic mass is 32.2. The second-order valence-corrected chi connectivity index (χ2v) is 9.17. The van der Waals surface area contributed by atoms with Crippen molar-refractivity contribution < 1.29 is 13.2 Å². The number of pyridine rings is 1. The molecule has 0 bridgehead atoms. The molecule has 1 saturated heterocycles. The first-order valence-corrected chi connectivity index (χ1v) is 11.1. The summed E-state index contributed by atoms with van der Waals surface area (Å²) in [6.07, 6.45) is 6.91. The number of rotatable bonds is 5. The van der Waals surface area contributed by atoms with E-state index in [4.69, 9.17) is 0 Å². The molecule has 29 heavy (non-hydrogen) atoms. The fourth-order valence-electron chi connectivity index (χ4n) is 3.11. The highest BCUT2D eigenvalue weighted by Gasteiger charge is 2.25. The maximum absolute atomic E-state index is 12.5. The lowest BCUT2D eigenvalue weighted by Crippen LogP contribution is -2.43. The molecule has 8 nitrogen and oxygen atoms in total. The topological polar surface area (TPSA) is 97.2 Å². The van der Waals surface area contributed by atoms with Crippen LogP contribution in [-0.2, 0) is 16.4 Å². The third kappa shape index (κ3) is 4.62. The molecule has 2 aromatic heterocycles. The number of hydrogen-bond acceptors (Lipinski definition) is 6. The Kier molecular flexibility index (Phi) is 5.30. The van der Waals surface area contributed by atoms with Crippen LogP contribution in [0.25, 0.3) is 5.69 Å². The van der Waals surface area contributed by atoms with Crippen molar-refractivity contribution in [1.29, 1.82) is 0 Å². The number of sulfone groups is 1. The van der Waals surface area contributed by atoms with Crippen LogP contribution in [0.5, 0.6) is 0 Å². The molecule has 0 atom stereocenters. The zero-order valence-corrected chi connectivity index (χ0v) is 16.5. The number of hydrogen-bond donors (Lipinski definition) is 1. The first kappa shape index (κ1) is 19.1. The van der Waals surface area contributed by atoms with Gasteiger partial charge in [-0.2, -0.15) is 0 Å². The summed E-state index contributed by atoms with van der Waals surface area (Å²) in [6.45, 7) is 1.07. The molecular formula is C20H21N5O3S. The number of benzene rings is 1. The third-order valence-corrected chi connectivity index (χ3v) is 6.46. The van der Waals surface area contributed by atoms with Crippen LogP contribution < -0.4 is 5.32 Å². The van der Waals surface area contributed by atoms with Crippen LogP contribution in [0.1, 0.15) is 15.9 Å². The molecule has 0 saturated carbocycles. The quantitative estimate of drug-likeness (QED) is 0.687. The van der Waals surface area contributed by atoms with Gasteiger partial charge in [-0.1, -0.05) is 12.1 Å². The summed E-state index contributed by atoms with van der Waals surface area (Å²) in [5.41, 5.74) is 2.60. The van der Waals surface area contributed by atoms with E-state index in [0.717, 1.165) is 11.3 Å². The monoisotopic (exact) mass is 411 g/mol. The molecule has 1 amide bonds. The molecule has 1 aliphatic heterocycles. The van der Waals surface area contributed by atoms with Crippen molar-refractivity contribution in [3.8, 4) is 5.69 Å². The first-order valence-electron chi connectivity index (χ1n) is 9.27. The Balaban J connectivity index is 1.33. The normalized spacial score (nSPS) is 15.8. The Hall–Kier alpha value is -3.20. The van der Waals surface area contributed by atoms with Crippen LogP contribution in [0.15, 0.2) is 61.3 Å². The number of nitrogens with zero attached hydrogens (tertiary/aromatic N) is 4. The Morgan fingerprint density at radius 3 is 2.45 bits per heavy atom. The lowest BCUT2D eigenvalue weighted by molar-refractivity contribution is 0.0770. The Morgan fingerprint density at radius 2 is 1.83 bits per heavy atom. The smallest absolute Gasteiger partial charge is 0.255 e. The van der Waals surface area contributed by atoms with Crippen LogP contribution in [0, 0.1) is 0 Å². The van der Waals surface area contributed by atoms with Gasteiger partial charge in [0.1, 0.15) is 5.82 Å². The van der Waals surface area contributed by atoms with Gasteiger partial charge >= 0.3 is 0 Å². The van der Waals surface area contributed by atoms with Gasteiger partial charge in [-0.3, -0.25) is 4.79 Å². The van der Waals surface area contributed by atoms with E-state index < -0.39 is 9.84 Å². The molecule has 9 heteroatoms. The molecule has 0 radical (unpaired) electrons. The molecule has 3 aromatic rings. The molecular weight excluding hydrogens is 390 g/mol. The predicted molar refractivity (Wildman–Crippen MR) is 110 cm³/mol. The average Bonchev–Trinajstić information content (AvgIpc) is 3.27. The summed E-state index contributed by atoms with van der Waals surface area (Å²) in [7, 11) is -3.01. The number of amides is 1. The summed E-state index contributed by atoms with van der Waals surface area (Å²) < 4.78 is 24.9. The minimum Gasteiger partial charge on any atom is -0.366 e. The lowest BCUT2D eigenvalue weighted by atomic mass is 10.2. The maximum atomic E-state index is 12.5. The number of carbonyl (C=O) groups excluding carboxylic acids is 1. The number of anilines is 1. The van der Waals surface area contributed by atoms with Gasteiger partial charge in [0, 0.05) is 43.9 Å². The number of aromatic nitrogens is 3. The minimum absolute atomic E-state index is 0.0193. The molecule has 1 aliphatic rings. The number of imidazole rings is 1. The van der Waals surface area contributed by atoms with Gasteiger partial charge in [-0.05, 0) is 29.8 Å². The van der Waals surface area contributed by atoms with Crippen LogP contribution in [-0.4, -0.2) is 58.4 Å². The van der Waals surface area contributed by atoms with E-state index >= 15 is 0 Å². The lowest BCUT2D eigenvalue weighted by Gasteiger charge is -2.26. The van der Waals surface area contributed by atoms with E-state index in [9.17, 15) is 13.2 Å². The fraction of sp³-hybridized carbons (Fsp3) is 0.250. The third-order valence-electron chi connectivity index (χ3n) is 4.85. The van der Waals surface area contributed by atoms with Crippen molar-refractivity contribution in [2.24, 2.45) is 0 Å². The summed E-state index contributed by atoms with van der Waals surface area (Å²) in [4.78, 5) is 22.4. The van der Waals surface area contributed by atoms with Crippen molar-refractivity contribution in [1.82, 2.24) is 19.4 Å². The molecule has 1 N–H and O–H groups in total. The first-order chi connectivity index (χ1) is 14.0. The van der Waals surface area contributed by atoms with Gasteiger partial charge in [-0.15, -0.1) is 0 Å². The summed E-state index contributed by atoms with van der Waals surface area (Å²) in [6, 6.07) is 11.6. The molecule has 150 valence electrons. The SMILES string of the molecule is O=C(c1ccc(NCc2ccc(-n3ccnc3)cc2)nc1)N1CCS(=O)(=O)CC1. The Bertz CT molecular complexity index is 1060. The molecule has 1 fully saturated rings. The van der Waals surface area contributed by atoms with E-state index in [-0.39, 0.29) is 30.5 Å². The second kappa shape index (κ2) is 8.04. The van der Waals surface area contributed by atoms with Gasteiger partial charge in [0.2, 0.25) is 0 Å². The molecule has 0 unspecified atom stereocenters. The fourth-order valence-corrected chi connectivity index (χ4v) is 4.31. The predicted octanol–water partition coefficient (Wildman–Crippen LogP) is 1.75. The van der Waals surface area contributed by atoms with Crippen molar-refractivity contribution in [2.75, 3.05) is 29.9 Å². The largest absolute Gasteiger partial charge is 0.366 e. The summed E-state index contributed by atoms with van der Waals surface area (Å²) in [5.74, 6) is 0.521. The van der Waals surface area contributed by atoms with Crippen LogP contribution in [0.3, 0.4) is 0 Å². The molecule has 3 heterocycles. The zero-order chi connectivity index (χ0) is 20.3. The standard InChI is InChI=1S/C20H21N5O3S/c26-20(24-9-11-29(27,28)12-10-24)17-3-6-19(23-14-17)22-13-16-1-4-18(5-2-16)25-8-7-21-15-25/h1-8,14-15H,9-13H2,(H,22,23). The maximum Gasteiger partial charge on any atom is 0.255 e.